The third-order valence-corrected chi connectivity index (χ3v) is 6.58. The molecule has 1 N–H and O–H groups in total. The molecule has 1 saturated heterocycles. The molecule has 3 amide bonds. The maximum atomic E-state index is 12.8. The molecule has 0 bridgehead atoms. The molecule has 2 fully saturated rings. The summed E-state index contributed by atoms with van der Waals surface area (Å²) in [6.07, 6.45) is 3.33. The lowest BCUT2D eigenvalue weighted by Crippen LogP contribution is -2.31. The molecule has 1 aliphatic carbocycles. The average Bonchev–Trinajstić information content (AvgIpc) is 3.13. The highest BCUT2D eigenvalue weighted by Crippen LogP contribution is 2.40. The van der Waals surface area contributed by atoms with Gasteiger partial charge in [-0.3, -0.25) is 19.3 Å². The van der Waals surface area contributed by atoms with E-state index >= 15 is 0 Å². The second-order valence-corrected chi connectivity index (χ2v) is 8.71. The minimum Gasteiger partial charge on any atom is -0.452 e. The Morgan fingerprint density at radius 3 is 2.32 bits per heavy atom. The number of amides is 3. The van der Waals surface area contributed by atoms with Crippen molar-refractivity contribution in [2.24, 2.45) is 11.8 Å². The van der Waals surface area contributed by atoms with Crippen LogP contribution in [-0.2, 0) is 19.1 Å². The van der Waals surface area contributed by atoms with Crippen LogP contribution in [0.2, 0.25) is 0 Å². The van der Waals surface area contributed by atoms with Gasteiger partial charge in [0, 0.05) is 11.1 Å². The van der Waals surface area contributed by atoms with E-state index in [9.17, 15) is 19.2 Å². The van der Waals surface area contributed by atoms with Gasteiger partial charge in [-0.15, -0.1) is 0 Å². The van der Waals surface area contributed by atoms with Gasteiger partial charge >= 0.3 is 5.97 Å². The van der Waals surface area contributed by atoms with Crippen LogP contribution in [-0.4, -0.2) is 30.3 Å². The molecule has 3 aromatic rings. The summed E-state index contributed by atoms with van der Waals surface area (Å²) >= 11 is 0. The topological polar surface area (TPSA) is 92.8 Å². The summed E-state index contributed by atoms with van der Waals surface area (Å²) in [7, 11) is 0. The fourth-order valence-electron chi connectivity index (χ4n) is 4.92. The van der Waals surface area contributed by atoms with Crippen LogP contribution >= 0.6 is 0 Å². The standard InChI is InChI=1S/C27H24N2O5/c30-24(28-23-14-6-8-17-7-1-2-11-20(17)23)16-34-27(33)18-9-5-10-19(15-18)29-25(31)21-12-3-4-13-22(21)26(29)32/h1-2,5-11,14-15,21-22H,3-4,12-13,16H2,(H,28,30)/t21-,22-/m1/s1. The highest BCUT2D eigenvalue weighted by atomic mass is 16.5. The average molecular weight is 456 g/mol. The van der Waals surface area contributed by atoms with Gasteiger partial charge in [0.15, 0.2) is 6.61 Å². The number of carbonyl (C=O) groups excluding carboxylic acids is 4. The third kappa shape index (κ3) is 4.05. The summed E-state index contributed by atoms with van der Waals surface area (Å²) in [6, 6.07) is 19.5. The predicted octanol–water partition coefficient (Wildman–Crippen LogP) is 4.31. The highest BCUT2D eigenvalue weighted by molar-refractivity contribution is 6.22. The summed E-state index contributed by atoms with van der Waals surface area (Å²) in [5.74, 6) is -2.10. The van der Waals surface area contributed by atoms with Crippen molar-refractivity contribution < 1.29 is 23.9 Å². The number of nitrogens with one attached hydrogen (secondary N) is 1. The molecule has 0 aromatic heterocycles. The van der Waals surface area contributed by atoms with E-state index in [1.807, 2.05) is 36.4 Å². The number of nitrogens with zero attached hydrogens (tertiary/aromatic N) is 1. The van der Waals surface area contributed by atoms with E-state index in [1.54, 1.807) is 18.2 Å². The van der Waals surface area contributed by atoms with Gasteiger partial charge in [0.1, 0.15) is 0 Å². The van der Waals surface area contributed by atoms with Crippen molar-refractivity contribution in [2.45, 2.75) is 25.7 Å². The molecule has 5 rings (SSSR count). The number of anilines is 2. The van der Waals surface area contributed by atoms with Crippen molar-refractivity contribution in [2.75, 3.05) is 16.8 Å². The minimum atomic E-state index is -0.702. The first kappa shape index (κ1) is 21.8. The number of carbonyl (C=O) groups is 4. The SMILES string of the molecule is O=C(COC(=O)c1cccc(N2C(=O)[C@@H]3CCCC[C@H]3C2=O)c1)Nc1cccc2ccccc12. The van der Waals surface area contributed by atoms with Crippen molar-refractivity contribution in [1.82, 2.24) is 0 Å². The Hall–Kier alpha value is -4.00. The number of imide groups is 1. The van der Waals surface area contributed by atoms with Crippen LogP contribution in [0.3, 0.4) is 0 Å². The first-order valence-corrected chi connectivity index (χ1v) is 11.5. The van der Waals surface area contributed by atoms with Crippen LogP contribution in [0.15, 0.2) is 66.7 Å². The zero-order valence-electron chi connectivity index (χ0n) is 18.5. The monoisotopic (exact) mass is 456 g/mol. The second kappa shape index (κ2) is 9.09. The van der Waals surface area contributed by atoms with E-state index in [4.69, 9.17) is 4.74 Å². The van der Waals surface area contributed by atoms with Gasteiger partial charge in [0.05, 0.1) is 23.1 Å². The lowest BCUT2D eigenvalue weighted by molar-refractivity contribution is -0.122. The van der Waals surface area contributed by atoms with Crippen LogP contribution in [0.25, 0.3) is 10.8 Å². The zero-order chi connectivity index (χ0) is 23.7. The van der Waals surface area contributed by atoms with Gasteiger partial charge in [-0.05, 0) is 42.5 Å². The fraction of sp³-hybridized carbons (Fsp3) is 0.259. The number of ether oxygens (including phenoxy) is 1. The predicted molar refractivity (Wildman–Crippen MR) is 127 cm³/mol. The summed E-state index contributed by atoms with van der Waals surface area (Å²) in [4.78, 5) is 51.9. The summed E-state index contributed by atoms with van der Waals surface area (Å²) < 4.78 is 5.20. The molecule has 1 saturated carbocycles. The number of hydrogen-bond acceptors (Lipinski definition) is 5. The molecule has 1 heterocycles. The van der Waals surface area contributed by atoms with Gasteiger partial charge in [0.25, 0.3) is 5.91 Å². The van der Waals surface area contributed by atoms with Crippen LogP contribution in [0, 0.1) is 11.8 Å². The van der Waals surface area contributed by atoms with E-state index in [1.165, 1.54) is 17.0 Å². The maximum absolute atomic E-state index is 12.8. The molecule has 34 heavy (non-hydrogen) atoms. The van der Waals surface area contributed by atoms with Crippen molar-refractivity contribution in [1.29, 1.82) is 0 Å². The van der Waals surface area contributed by atoms with Crippen molar-refractivity contribution in [3.8, 4) is 0 Å². The van der Waals surface area contributed by atoms with Gasteiger partial charge in [-0.25, -0.2) is 4.79 Å². The minimum absolute atomic E-state index is 0.172. The van der Waals surface area contributed by atoms with Crippen LogP contribution in [0.5, 0.6) is 0 Å². The number of rotatable bonds is 5. The van der Waals surface area contributed by atoms with Gasteiger partial charge in [-0.1, -0.05) is 55.3 Å². The summed E-state index contributed by atoms with van der Waals surface area (Å²) in [6.45, 7) is -0.460. The Labute approximate surface area is 196 Å². The van der Waals surface area contributed by atoms with Crippen LogP contribution < -0.4 is 10.2 Å². The molecule has 172 valence electrons. The molecule has 0 radical (unpaired) electrons. The Bertz CT molecular complexity index is 1270. The molecule has 2 atom stereocenters. The molecule has 3 aromatic carbocycles. The van der Waals surface area contributed by atoms with Gasteiger partial charge in [-0.2, -0.15) is 0 Å². The second-order valence-electron chi connectivity index (χ2n) is 8.71. The van der Waals surface area contributed by atoms with E-state index in [0.717, 1.165) is 36.5 Å². The Morgan fingerprint density at radius 1 is 0.882 bits per heavy atom. The number of fused-ring (bicyclic) bond motifs is 2. The molecular weight excluding hydrogens is 432 g/mol. The summed E-state index contributed by atoms with van der Waals surface area (Å²) in [5.41, 5.74) is 1.17. The van der Waals surface area contributed by atoms with Gasteiger partial charge < -0.3 is 10.1 Å². The third-order valence-electron chi connectivity index (χ3n) is 6.58. The fourth-order valence-corrected chi connectivity index (χ4v) is 4.92. The van der Waals surface area contributed by atoms with Crippen LogP contribution in [0.1, 0.15) is 36.0 Å². The highest BCUT2D eigenvalue weighted by Gasteiger charge is 2.48. The lowest BCUT2D eigenvalue weighted by Gasteiger charge is -2.19. The largest absolute Gasteiger partial charge is 0.452 e. The Balaban J connectivity index is 1.25. The van der Waals surface area contributed by atoms with Crippen molar-refractivity contribution in [3.05, 3.63) is 72.3 Å². The maximum Gasteiger partial charge on any atom is 0.338 e. The first-order chi connectivity index (χ1) is 16.5. The first-order valence-electron chi connectivity index (χ1n) is 11.5. The molecule has 0 unspecified atom stereocenters. The normalized spacial score (nSPS) is 19.7. The van der Waals surface area contributed by atoms with Crippen molar-refractivity contribution in [3.63, 3.8) is 0 Å². The Morgan fingerprint density at radius 2 is 1.56 bits per heavy atom. The number of hydrogen-bond donors (Lipinski definition) is 1. The zero-order valence-corrected chi connectivity index (χ0v) is 18.5. The quantitative estimate of drug-likeness (QED) is 0.456. The molecule has 7 nitrogen and oxygen atoms in total. The summed E-state index contributed by atoms with van der Waals surface area (Å²) in [5, 5.41) is 4.65. The van der Waals surface area contributed by atoms with Crippen molar-refractivity contribution >= 4 is 45.8 Å². The smallest absolute Gasteiger partial charge is 0.338 e. The molecule has 1 aliphatic heterocycles. The lowest BCUT2D eigenvalue weighted by atomic mass is 9.81. The molecule has 0 spiro atoms. The molecule has 2 aliphatic rings. The number of benzene rings is 3. The van der Waals surface area contributed by atoms with Crippen LogP contribution in [0.4, 0.5) is 11.4 Å². The van der Waals surface area contributed by atoms with E-state index < -0.39 is 18.5 Å². The van der Waals surface area contributed by atoms with Gasteiger partial charge in [0.2, 0.25) is 11.8 Å². The van der Waals surface area contributed by atoms with E-state index in [-0.39, 0.29) is 29.2 Å². The molecular formula is C27H24N2O5. The molecule has 7 heteroatoms. The number of esters is 1. The van der Waals surface area contributed by atoms with E-state index in [0.29, 0.717) is 11.4 Å². The van der Waals surface area contributed by atoms with E-state index in [2.05, 4.69) is 5.32 Å². The Kier molecular flexibility index (Phi) is 5.84.